The fraction of sp³-hybridized carbons (Fsp3) is 0.688. The van der Waals surface area contributed by atoms with E-state index in [0.29, 0.717) is 19.0 Å². The summed E-state index contributed by atoms with van der Waals surface area (Å²) in [6.45, 7) is 2.18. The van der Waals surface area contributed by atoms with Crippen LogP contribution in [0.4, 0.5) is 19.0 Å². The SMILES string of the molecule is COc1cc(N2CCCC3(CCCN3S(C)(=O)=O)C2)ncn1.O=C(O)C(F)(F)F. The molecule has 2 aliphatic rings. The van der Waals surface area contributed by atoms with Crippen molar-refractivity contribution in [1.82, 2.24) is 14.3 Å². The minimum absolute atomic E-state index is 0.288. The van der Waals surface area contributed by atoms with Crippen LogP contribution in [0.2, 0.25) is 0 Å². The Bertz CT molecular complexity index is 836. The maximum Gasteiger partial charge on any atom is 0.490 e. The smallest absolute Gasteiger partial charge is 0.481 e. The van der Waals surface area contributed by atoms with Gasteiger partial charge in [0.1, 0.15) is 12.1 Å². The highest BCUT2D eigenvalue weighted by atomic mass is 32.2. The number of piperidine rings is 1. The number of aromatic nitrogens is 2. The van der Waals surface area contributed by atoms with Gasteiger partial charge in [0.2, 0.25) is 15.9 Å². The van der Waals surface area contributed by atoms with Gasteiger partial charge >= 0.3 is 12.1 Å². The summed E-state index contributed by atoms with van der Waals surface area (Å²) in [4.78, 5) is 19.4. The second-order valence-corrected chi connectivity index (χ2v) is 8.82. The number of methoxy groups -OCH3 is 1. The Morgan fingerprint density at radius 3 is 2.34 bits per heavy atom. The molecule has 3 rings (SSSR count). The third-order valence-corrected chi connectivity index (χ3v) is 6.26. The Morgan fingerprint density at radius 2 is 1.83 bits per heavy atom. The van der Waals surface area contributed by atoms with Gasteiger partial charge in [0.25, 0.3) is 0 Å². The molecule has 13 heteroatoms. The molecule has 2 saturated heterocycles. The van der Waals surface area contributed by atoms with Crippen molar-refractivity contribution >= 4 is 21.8 Å². The largest absolute Gasteiger partial charge is 0.490 e. The maximum atomic E-state index is 12.1. The molecule has 9 nitrogen and oxygen atoms in total. The lowest BCUT2D eigenvalue weighted by Crippen LogP contribution is -2.57. The molecule has 0 bridgehead atoms. The summed E-state index contributed by atoms with van der Waals surface area (Å²) in [5.41, 5.74) is -0.288. The third kappa shape index (κ3) is 5.69. The lowest BCUT2D eigenvalue weighted by molar-refractivity contribution is -0.192. The molecule has 3 heterocycles. The summed E-state index contributed by atoms with van der Waals surface area (Å²) in [5, 5.41) is 7.12. The van der Waals surface area contributed by atoms with Crippen molar-refractivity contribution < 1.29 is 36.2 Å². The van der Waals surface area contributed by atoms with E-state index in [9.17, 15) is 21.6 Å². The summed E-state index contributed by atoms with van der Waals surface area (Å²) in [5.74, 6) is -1.44. The van der Waals surface area contributed by atoms with Crippen molar-refractivity contribution in [2.24, 2.45) is 0 Å². The Kier molecular flexibility index (Phi) is 6.93. The van der Waals surface area contributed by atoms with Gasteiger partial charge in [-0.15, -0.1) is 0 Å². The number of carbonyl (C=O) groups is 1. The van der Waals surface area contributed by atoms with E-state index >= 15 is 0 Å². The number of aliphatic carboxylic acids is 1. The standard InChI is InChI=1S/C14H22N4O3S.C2HF3O2/c1-21-13-9-12(15-11-16-13)17-7-3-5-14(10-17)6-4-8-18(14)22(2,19)20;3-2(4,5)1(6)7/h9,11H,3-8,10H2,1-2H3;(H,6,7). The van der Waals surface area contributed by atoms with Crippen molar-refractivity contribution in [3.05, 3.63) is 12.4 Å². The number of rotatable bonds is 3. The van der Waals surface area contributed by atoms with E-state index in [1.54, 1.807) is 17.5 Å². The first-order valence-electron chi connectivity index (χ1n) is 8.78. The molecule has 0 aromatic carbocycles. The van der Waals surface area contributed by atoms with Gasteiger partial charge in [0, 0.05) is 25.7 Å². The zero-order valence-electron chi connectivity index (χ0n) is 16.0. The molecule has 1 aromatic heterocycles. The molecule has 0 saturated carbocycles. The first-order chi connectivity index (χ1) is 13.4. The van der Waals surface area contributed by atoms with Crippen molar-refractivity contribution in [2.45, 2.75) is 37.4 Å². The average Bonchev–Trinajstić information content (AvgIpc) is 3.04. The van der Waals surface area contributed by atoms with Gasteiger partial charge in [-0.05, 0) is 25.7 Å². The maximum absolute atomic E-state index is 12.1. The van der Waals surface area contributed by atoms with E-state index in [1.807, 2.05) is 0 Å². The Morgan fingerprint density at radius 1 is 1.24 bits per heavy atom. The number of ether oxygens (including phenoxy) is 1. The van der Waals surface area contributed by atoms with Crippen molar-refractivity contribution in [3.8, 4) is 5.88 Å². The lowest BCUT2D eigenvalue weighted by Gasteiger charge is -2.45. The minimum atomic E-state index is -5.08. The summed E-state index contributed by atoms with van der Waals surface area (Å²) >= 11 is 0. The van der Waals surface area contributed by atoms with Crippen LogP contribution >= 0.6 is 0 Å². The van der Waals surface area contributed by atoms with Gasteiger partial charge in [-0.25, -0.2) is 23.2 Å². The normalized spacial score (nSPS) is 22.9. The fourth-order valence-electron chi connectivity index (χ4n) is 3.76. The van der Waals surface area contributed by atoms with Crippen LogP contribution in [0.5, 0.6) is 5.88 Å². The Balaban J connectivity index is 0.000000370. The van der Waals surface area contributed by atoms with Crippen LogP contribution in [0.15, 0.2) is 12.4 Å². The molecule has 1 atom stereocenters. The zero-order chi connectivity index (χ0) is 21.9. The number of sulfonamides is 1. The second kappa shape index (κ2) is 8.69. The third-order valence-electron chi connectivity index (χ3n) is 4.89. The molecule has 0 aliphatic carbocycles. The van der Waals surface area contributed by atoms with E-state index in [1.165, 1.54) is 12.6 Å². The molecule has 29 heavy (non-hydrogen) atoms. The molecular formula is C16H23F3N4O5S. The van der Waals surface area contributed by atoms with E-state index in [2.05, 4.69) is 14.9 Å². The number of hydrogen-bond donors (Lipinski definition) is 1. The molecule has 2 aliphatic heterocycles. The predicted octanol–water partition coefficient (Wildman–Crippen LogP) is 1.51. The van der Waals surface area contributed by atoms with Crippen LogP contribution < -0.4 is 9.64 Å². The number of carboxylic acids is 1. The molecule has 2 fully saturated rings. The van der Waals surface area contributed by atoms with Crippen molar-refractivity contribution in [2.75, 3.05) is 37.9 Å². The van der Waals surface area contributed by atoms with Crippen LogP contribution in [0.25, 0.3) is 0 Å². The van der Waals surface area contributed by atoms with Crippen LogP contribution in [0.1, 0.15) is 25.7 Å². The quantitative estimate of drug-likeness (QED) is 0.753. The number of carboxylic acid groups (broad SMARTS) is 1. The summed E-state index contributed by atoms with van der Waals surface area (Å²) in [6.07, 6.45) is 1.43. The van der Waals surface area contributed by atoms with E-state index in [-0.39, 0.29) is 5.54 Å². The number of anilines is 1. The highest BCUT2D eigenvalue weighted by molar-refractivity contribution is 7.88. The summed E-state index contributed by atoms with van der Waals surface area (Å²) < 4.78 is 62.8. The number of alkyl halides is 3. The molecule has 0 radical (unpaired) electrons. The Labute approximate surface area is 166 Å². The second-order valence-electron chi connectivity index (χ2n) is 6.91. The molecule has 1 spiro atoms. The highest BCUT2D eigenvalue weighted by Gasteiger charge is 2.48. The van der Waals surface area contributed by atoms with E-state index < -0.39 is 22.2 Å². The average molecular weight is 440 g/mol. The zero-order valence-corrected chi connectivity index (χ0v) is 16.8. The number of nitrogens with zero attached hydrogens (tertiary/aromatic N) is 4. The predicted molar refractivity (Wildman–Crippen MR) is 97.2 cm³/mol. The lowest BCUT2D eigenvalue weighted by atomic mass is 9.87. The van der Waals surface area contributed by atoms with Crippen LogP contribution in [0.3, 0.4) is 0 Å². The van der Waals surface area contributed by atoms with Gasteiger partial charge in [0.15, 0.2) is 0 Å². The molecular weight excluding hydrogens is 417 g/mol. The first-order valence-corrected chi connectivity index (χ1v) is 10.6. The molecule has 164 valence electrons. The highest BCUT2D eigenvalue weighted by Crippen LogP contribution is 2.39. The first kappa shape index (κ1) is 23.1. The number of halogens is 3. The summed E-state index contributed by atoms with van der Waals surface area (Å²) in [6, 6.07) is 1.80. The van der Waals surface area contributed by atoms with Crippen molar-refractivity contribution in [3.63, 3.8) is 0 Å². The molecule has 1 N–H and O–H groups in total. The molecule has 0 amide bonds. The number of hydrogen-bond acceptors (Lipinski definition) is 7. The van der Waals surface area contributed by atoms with E-state index in [4.69, 9.17) is 14.6 Å². The van der Waals surface area contributed by atoms with Crippen LogP contribution in [0, 0.1) is 0 Å². The van der Waals surface area contributed by atoms with Gasteiger partial charge < -0.3 is 14.7 Å². The van der Waals surface area contributed by atoms with Gasteiger partial charge in [-0.2, -0.15) is 17.5 Å². The topological polar surface area (TPSA) is 113 Å². The molecule has 1 unspecified atom stereocenters. The van der Waals surface area contributed by atoms with Crippen LogP contribution in [-0.2, 0) is 14.8 Å². The monoisotopic (exact) mass is 440 g/mol. The Hall–Kier alpha value is -2.15. The molecule has 1 aromatic rings. The van der Waals surface area contributed by atoms with Gasteiger partial charge in [-0.3, -0.25) is 0 Å². The van der Waals surface area contributed by atoms with E-state index in [0.717, 1.165) is 38.0 Å². The van der Waals surface area contributed by atoms with Crippen molar-refractivity contribution in [1.29, 1.82) is 0 Å². The summed E-state index contributed by atoms with van der Waals surface area (Å²) in [7, 11) is -1.60. The van der Waals surface area contributed by atoms with Gasteiger partial charge in [-0.1, -0.05) is 0 Å². The van der Waals surface area contributed by atoms with Gasteiger partial charge in [0.05, 0.1) is 18.9 Å². The fourth-order valence-corrected chi connectivity index (χ4v) is 5.17. The van der Waals surface area contributed by atoms with Crippen LogP contribution in [-0.4, -0.2) is 78.5 Å². The minimum Gasteiger partial charge on any atom is -0.481 e.